The Labute approximate surface area is 148 Å². The normalized spacial score (nSPS) is 11.0. The molecule has 2 aromatic carbocycles. The van der Waals surface area contributed by atoms with Crippen molar-refractivity contribution in [2.24, 2.45) is 5.10 Å². The molecule has 0 bridgehead atoms. The lowest BCUT2D eigenvalue weighted by Gasteiger charge is -2.11. The van der Waals surface area contributed by atoms with Crippen molar-refractivity contribution in [2.45, 2.75) is 6.54 Å². The third-order valence-electron chi connectivity index (χ3n) is 3.38. The van der Waals surface area contributed by atoms with E-state index in [0.717, 1.165) is 17.7 Å². The molecule has 0 aliphatic rings. The van der Waals surface area contributed by atoms with Crippen LogP contribution in [0, 0.1) is 20.2 Å². The topological polar surface area (TPSA) is 134 Å². The van der Waals surface area contributed by atoms with Gasteiger partial charge in [-0.25, -0.2) is 0 Å². The van der Waals surface area contributed by atoms with Gasteiger partial charge in [-0.05, 0) is 31.8 Å². The molecule has 2 rings (SSSR count). The van der Waals surface area contributed by atoms with Gasteiger partial charge in [0.05, 0.1) is 22.1 Å². The summed E-state index contributed by atoms with van der Waals surface area (Å²) in [5.74, 6) is 0.115. The van der Waals surface area contributed by atoms with Gasteiger partial charge in [-0.3, -0.25) is 25.7 Å². The summed E-state index contributed by atoms with van der Waals surface area (Å²) in [7, 11) is 3.77. The minimum atomic E-state index is -0.729. The standard InChI is InChI=1S/C16H17N5O5/c1-19(2)10-12-4-3-11(7-16(12)22)9-17-18-14-6-5-13(20(23)24)8-15(14)21(25)26/h3-9,18,22H,10H2,1-2H3/b17-9+. The number of phenols is 1. The highest BCUT2D eigenvalue weighted by Crippen LogP contribution is 2.29. The SMILES string of the molecule is CN(C)Cc1ccc(/C=N/Nc2ccc([N+](=O)[O-])cc2[N+](=O)[O-])cc1O. The lowest BCUT2D eigenvalue weighted by atomic mass is 10.1. The maximum Gasteiger partial charge on any atom is 0.301 e. The van der Waals surface area contributed by atoms with Crippen LogP contribution in [-0.4, -0.2) is 40.2 Å². The van der Waals surface area contributed by atoms with Crippen LogP contribution in [0.3, 0.4) is 0 Å². The van der Waals surface area contributed by atoms with Gasteiger partial charge in [-0.2, -0.15) is 5.10 Å². The van der Waals surface area contributed by atoms with Crippen molar-refractivity contribution in [1.82, 2.24) is 4.90 Å². The molecular formula is C16H17N5O5. The Morgan fingerprint density at radius 2 is 1.88 bits per heavy atom. The smallest absolute Gasteiger partial charge is 0.301 e. The van der Waals surface area contributed by atoms with E-state index in [9.17, 15) is 25.3 Å². The molecule has 0 fully saturated rings. The van der Waals surface area contributed by atoms with Crippen LogP contribution >= 0.6 is 0 Å². The highest BCUT2D eigenvalue weighted by atomic mass is 16.6. The first kappa shape index (κ1) is 18.8. The molecule has 0 heterocycles. The minimum absolute atomic E-state index is 0.0188. The maximum absolute atomic E-state index is 11.1. The van der Waals surface area contributed by atoms with Crippen LogP contribution in [0.4, 0.5) is 17.1 Å². The van der Waals surface area contributed by atoms with Crippen molar-refractivity contribution in [3.05, 3.63) is 67.8 Å². The average molecular weight is 359 g/mol. The van der Waals surface area contributed by atoms with Crippen molar-refractivity contribution in [3.63, 3.8) is 0 Å². The van der Waals surface area contributed by atoms with E-state index in [0.29, 0.717) is 12.1 Å². The molecule has 0 saturated carbocycles. The monoisotopic (exact) mass is 359 g/mol. The third-order valence-corrected chi connectivity index (χ3v) is 3.38. The van der Waals surface area contributed by atoms with Gasteiger partial charge in [0.25, 0.3) is 5.69 Å². The number of nitro benzene ring substituents is 2. The number of aromatic hydroxyl groups is 1. The highest BCUT2D eigenvalue weighted by molar-refractivity contribution is 5.81. The maximum atomic E-state index is 11.1. The summed E-state index contributed by atoms with van der Waals surface area (Å²) in [6.45, 7) is 0.580. The van der Waals surface area contributed by atoms with Crippen molar-refractivity contribution in [1.29, 1.82) is 0 Å². The summed E-state index contributed by atoms with van der Waals surface area (Å²) in [6.07, 6.45) is 1.38. The summed E-state index contributed by atoms with van der Waals surface area (Å²) in [4.78, 5) is 22.2. The van der Waals surface area contributed by atoms with Crippen LogP contribution < -0.4 is 5.43 Å². The van der Waals surface area contributed by atoms with Crippen LogP contribution in [0.25, 0.3) is 0 Å². The van der Waals surface area contributed by atoms with E-state index in [2.05, 4.69) is 10.5 Å². The Balaban J connectivity index is 2.16. The molecule has 0 aliphatic heterocycles. The zero-order valence-electron chi connectivity index (χ0n) is 14.1. The fraction of sp³-hybridized carbons (Fsp3) is 0.188. The average Bonchev–Trinajstić information content (AvgIpc) is 2.56. The first-order valence-electron chi connectivity index (χ1n) is 7.46. The molecular weight excluding hydrogens is 342 g/mol. The number of hydrazone groups is 1. The number of nitro groups is 2. The number of anilines is 1. The molecule has 2 aromatic rings. The van der Waals surface area contributed by atoms with Gasteiger partial charge in [0.15, 0.2) is 0 Å². The van der Waals surface area contributed by atoms with Crippen molar-refractivity contribution in [3.8, 4) is 5.75 Å². The van der Waals surface area contributed by atoms with E-state index in [1.165, 1.54) is 18.3 Å². The van der Waals surface area contributed by atoms with Crippen molar-refractivity contribution < 1.29 is 15.0 Å². The lowest BCUT2D eigenvalue weighted by molar-refractivity contribution is -0.393. The number of phenolic OH excluding ortho intramolecular Hbond substituents is 1. The second-order valence-corrected chi connectivity index (χ2v) is 5.71. The quantitative estimate of drug-likeness (QED) is 0.441. The molecule has 2 N–H and O–H groups in total. The Hall–Kier alpha value is -3.53. The van der Waals surface area contributed by atoms with Crippen LogP contribution in [0.15, 0.2) is 41.5 Å². The fourth-order valence-corrected chi connectivity index (χ4v) is 2.19. The first-order chi connectivity index (χ1) is 12.3. The second-order valence-electron chi connectivity index (χ2n) is 5.71. The molecule has 0 aromatic heterocycles. The second kappa shape index (κ2) is 8.03. The Bertz CT molecular complexity index is 866. The van der Waals surface area contributed by atoms with Gasteiger partial charge in [-0.15, -0.1) is 0 Å². The van der Waals surface area contributed by atoms with E-state index in [1.54, 1.807) is 12.1 Å². The van der Waals surface area contributed by atoms with Crippen molar-refractivity contribution >= 4 is 23.3 Å². The molecule has 0 radical (unpaired) electrons. The molecule has 10 heteroatoms. The van der Waals surface area contributed by atoms with Crippen LogP contribution in [-0.2, 0) is 6.54 Å². The Kier molecular flexibility index (Phi) is 5.81. The Morgan fingerprint density at radius 3 is 2.46 bits per heavy atom. The number of hydrogen-bond donors (Lipinski definition) is 2. The van der Waals surface area contributed by atoms with E-state index in [-0.39, 0.29) is 17.1 Å². The molecule has 136 valence electrons. The number of nitrogens with zero attached hydrogens (tertiary/aromatic N) is 4. The molecule has 0 spiro atoms. The fourth-order valence-electron chi connectivity index (χ4n) is 2.19. The molecule has 0 atom stereocenters. The molecule has 0 aliphatic carbocycles. The highest BCUT2D eigenvalue weighted by Gasteiger charge is 2.19. The van der Waals surface area contributed by atoms with E-state index < -0.39 is 15.5 Å². The van der Waals surface area contributed by atoms with Gasteiger partial charge in [0.1, 0.15) is 11.4 Å². The summed E-state index contributed by atoms with van der Waals surface area (Å²) >= 11 is 0. The first-order valence-corrected chi connectivity index (χ1v) is 7.46. The molecule has 0 unspecified atom stereocenters. The number of non-ortho nitro benzene ring substituents is 1. The summed E-state index contributed by atoms with van der Waals surface area (Å²) in [5.41, 5.74) is 3.01. The van der Waals surface area contributed by atoms with Crippen LogP contribution in [0.2, 0.25) is 0 Å². The van der Waals surface area contributed by atoms with E-state index in [4.69, 9.17) is 0 Å². The summed E-state index contributed by atoms with van der Waals surface area (Å²) in [6, 6.07) is 8.24. The predicted molar refractivity (Wildman–Crippen MR) is 96.5 cm³/mol. The predicted octanol–water partition coefficient (Wildman–Crippen LogP) is 2.72. The molecule has 0 amide bonds. The van der Waals surface area contributed by atoms with Gasteiger partial charge >= 0.3 is 5.69 Å². The summed E-state index contributed by atoms with van der Waals surface area (Å²) < 4.78 is 0. The zero-order chi connectivity index (χ0) is 19.3. The number of nitrogens with one attached hydrogen (secondary N) is 1. The minimum Gasteiger partial charge on any atom is -0.508 e. The third kappa shape index (κ3) is 4.74. The molecule has 0 saturated heterocycles. The van der Waals surface area contributed by atoms with Gasteiger partial charge < -0.3 is 10.0 Å². The van der Waals surface area contributed by atoms with Gasteiger partial charge in [0.2, 0.25) is 0 Å². The number of rotatable bonds is 7. The zero-order valence-corrected chi connectivity index (χ0v) is 14.1. The van der Waals surface area contributed by atoms with E-state index >= 15 is 0 Å². The summed E-state index contributed by atoms with van der Waals surface area (Å²) in [5, 5.41) is 35.7. The Morgan fingerprint density at radius 1 is 1.15 bits per heavy atom. The number of hydrogen-bond acceptors (Lipinski definition) is 8. The largest absolute Gasteiger partial charge is 0.508 e. The van der Waals surface area contributed by atoms with Gasteiger partial charge in [-0.1, -0.05) is 12.1 Å². The van der Waals surface area contributed by atoms with Crippen LogP contribution in [0.5, 0.6) is 5.75 Å². The lowest BCUT2D eigenvalue weighted by Crippen LogP contribution is -2.10. The van der Waals surface area contributed by atoms with E-state index in [1.807, 2.05) is 19.0 Å². The van der Waals surface area contributed by atoms with Crippen molar-refractivity contribution in [2.75, 3.05) is 19.5 Å². The molecule has 26 heavy (non-hydrogen) atoms. The van der Waals surface area contributed by atoms with Crippen LogP contribution in [0.1, 0.15) is 11.1 Å². The number of benzene rings is 2. The van der Waals surface area contributed by atoms with Gasteiger partial charge in [0, 0.05) is 18.2 Å². The molecule has 10 nitrogen and oxygen atoms in total.